The molecule has 0 aliphatic carbocycles. The maximum Gasteiger partial charge on any atom is 0.238 e. The van der Waals surface area contributed by atoms with E-state index < -0.39 is 5.82 Å². The lowest BCUT2D eigenvalue weighted by atomic mass is 10.1. The van der Waals surface area contributed by atoms with Gasteiger partial charge in [-0.1, -0.05) is 35.3 Å². The molecule has 2 N–H and O–H groups in total. The van der Waals surface area contributed by atoms with Crippen molar-refractivity contribution in [3.05, 3.63) is 63.9 Å². The molecule has 1 amide bonds. The average Bonchev–Trinajstić information content (AvgIpc) is 2.47. The predicted octanol–water partition coefficient (Wildman–Crippen LogP) is 4.42. The van der Waals surface area contributed by atoms with Crippen LogP contribution in [0.15, 0.2) is 42.5 Å². The largest absolute Gasteiger partial charge is 0.322 e. The summed E-state index contributed by atoms with van der Waals surface area (Å²) in [6, 6.07) is 11.4. The molecule has 0 saturated carbocycles. The molecule has 116 valence electrons. The molecule has 1 atom stereocenters. The fraction of sp³-hybridized carbons (Fsp3) is 0.188. The van der Waals surface area contributed by atoms with Gasteiger partial charge in [-0.05, 0) is 42.8 Å². The fourth-order valence-corrected chi connectivity index (χ4v) is 2.28. The molecule has 0 aromatic heterocycles. The molecular formula is C16H15Cl2FN2O. The van der Waals surface area contributed by atoms with Crippen molar-refractivity contribution >= 4 is 34.8 Å². The van der Waals surface area contributed by atoms with E-state index in [9.17, 15) is 9.18 Å². The third kappa shape index (κ3) is 4.70. The fourth-order valence-electron chi connectivity index (χ4n) is 1.92. The van der Waals surface area contributed by atoms with Crippen LogP contribution >= 0.6 is 23.2 Å². The first-order valence-electron chi connectivity index (χ1n) is 6.69. The second-order valence-corrected chi connectivity index (χ2v) is 5.70. The number of rotatable bonds is 5. The Hall–Kier alpha value is -1.62. The zero-order valence-corrected chi connectivity index (χ0v) is 13.4. The number of anilines is 1. The van der Waals surface area contributed by atoms with Crippen molar-refractivity contribution in [2.45, 2.75) is 13.0 Å². The van der Waals surface area contributed by atoms with Gasteiger partial charge in [-0.3, -0.25) is 4.79 Å². The van der Waals surface area contributed by atoms with E-state index in [1.807, 2.05) is 25.1 Å². The molecule has 0 fully saturated rings. The third-order valence-corrected chi connectivity index (χ3v) is 3.59. The van der Waals surface area contributed by atoms with Gasteiger partial charge in [0.1, 0.15) is 5.82 Å². The normalized spacial score (nSPS) is 12.0. The highest BCUT2D eigenvalue weighted by atomic mass is 35.5. The summed E-state index contributed by atoms with van der Waals surface area (Å²) in [7, 11) is 0. The molecule has 22 heavy (non-hydrogen) atoms. The zero-order valence-electron chi connectivity index (χ0n) is 11.9. The van der Waals surface area contributed by atoms with Crippen molar-refractivity contribution in [1.29, 1.82) is 0 Å². The SMILES string of the molecule is C[C@H](NCC(=O)Nc1ccc(Cl)cc1F)c1cccc(Cl)c1. The van der Waals surface area contributed by atoms with E-state index in [1.165, 1.54) is 12.1 Å². The van der Waals surface area contributed by atoms with E-state index in [4.69, 9.17) is 23.2 Å². The van der Waals surface area contributed by atoms with Gasteiger partial charge in [0, 0.05) is 16.1 Å². The Balaban J connectivity index is 1.90. The molecule has 3 nitrogen and oxygen atoms in total. The standard InChI is InChI=1S/C16H15Cl2FN2O/c1-10(11-3-2-4-12(17)7-11)20-9-16(22)21-15-6-5-13(18)8-14(15)19/h2-8,10,20H,9H2,1H3,(H,21,22)/t10-/m0/s1. The summed E-state index contributed by atoms with van der Waals surface area (Å²) in [4.78, 5) is 11.9. The van der Waals surface area contributed by atoms with Gasteiger partial charge >= 0.3 is 0 Å². The van der Waals surface area contributed by atoms with Gasteiger partial charge in [-0.25, -0.2) is 4.39 Å². The average molecular weight is 341 g/mol. The first-order chi connectivity index (χ1) is 10.5. The van der Waals surface area contributed by atoms with E-state index in [1.54, 1.807) is 6.07 Å². The molecule has 0 unspecified atom stereocenters. The minimum atomic E-state index is -0.566. The van der Waals surface area contributed by atoms with E-state index >= 15 is 0 Å². The summed E-state index contributed by atoms with van der Waals surface area (Å²) in [6.07, 6.45) is 0. The molecule has 0 radical (unpaired) electrons. The maximum atomic E-state index is 13.6. The van der Waals surface area contributed by atoms with Gasteiger partial charge < -0.3 is 10.6 Å². The van der Waals surface area contributed by atoms with Crippen LogP contribution in [-0.4, -0.2) is 12.5 Å². The predicted molar refractivity (Wildman–Crippen MR) is 87.9 cm³/mol. The van der Waals surface area contributed by atoms with Crippen LogP contribution < -0.4 is 10.6 Å². The van der Waals surface area contributed by atoms with Gasteiger partial charge in [0.2, 0.25) is 5.91 Å². The van der Waals surface area contributed by atoms with Crippen molar-refractivity contribution in [1.82, 2.24) is 5.32 Å². The summed E-state index contributed by atoms with van der Waals surface area (Å²) >= 11 is 11.6. The molecule has 0 aliphatic heterocycles. The second-order valence-electron chi connectivity index (χ2n) is 4.83. The molecule has 2 rings (SSSR count). The molecule has 0 saturated heterocycles. The van der Waals surface area contributed by atoms with E-state index in [-0.39, 0.29) is 29.2 Å². The summed E-state index contributed by atoms with van der Waals surface area (Å²) in [5.41, 5.74) is 1.07. The summed E-state index contributed by atoms with van der Waals surface area (Å²) in [5.74, 6) is -0.904. The first kappa shape index (κ1) is 16.7. The Labute approximate surface area is 138 Å². The minimum Gasteiger partial charge on any atom is -0.322 e. The second kappa shape index (κ2) is 7.58. The van der Waals surface area contributed by atoms with Crippen molar-refractivity contribution < 1.29 is 9.18 Å². The molecule has 0 aliphatic rings. The first-order valence-corrected chi connectivity index (χ1v) is 7.45. The zero-order chi connectivity index (χ0) is 16.1. The van der Waals surface area contributed by atoms with Crippen molar-refractivity contribution in [3.63, 3.8) is 0 Å². The number of hydrogen-bond acceptors (Lipinski definition) is 2. The van der Waals surface area contributed by atoms with Crippen LogP contribution in [0.4, 0.5) is 10.1 Å². The van der Waals surface area contributed by atoms with Crippen LogP contribution in [0.25, 0.3) is 0 Å². The molecule has 2 aromatic rings. The topological polar surface area (TPSA) is 41.1 Å². The van der Waals surface area contributed by atoms with Gasteiger partial charge in [-0.2, -0.15) is 0 Å². The highest BCUT2D eigenvalue weighted by Crippen LogP contribution is 2.19. The van der Waals surface area contributed by atoms with Crippen molar-refractivity contribution in [2.24, 2.45) is 0 Å². The minimum absolute atomic E-state index is 0.0513. The highest BCUT2D eigenvalue weighted by molar-refractivity contribution is 6.30. The lowest BCUT2D eigenvalue weighted by Crippen LogP contribution is -2.30. The van der Waals surface area contributed by atoms with Crippen LogP contribution in [-0.2, 0) is 4.79 Å². The smallest absolute Gasteiger partial charge is 0.238 e. The van der Waals surface area contributed by atoms with Crippen LogP contribution in [0, 0.1) is 5.82 Å². The molecule has 0 heterocycles. The Morgan fingerprint density at radius 1 is 1.18 bits per heavy atom. The van der Waals surface area contributed by atoms with Crippen LogP contribution in [0.3, 0.4) is 0 Å². The lowest BCUT2D eigenvalue weighted by Gasteiger charge is -2.14. The summed E-state index contributed by atoms with van der Waals surface area (Å²) < 4.78 is 13.6. The van der Waals surface area contributed by atoms with Gasteiger partial charge in [-0.15, -0.1) is 0 Å². The molecule has 0 bridgehead atoms. The quantitative estimate of drug-likeness (QED) is 0.845. The molecule has 6 heteroatoms. The van der Waals surface area contributed by atoms with Gasteiger partial charge in [0.05, 0.1) is 12.2 Å². The van der Waals surface area contributed by atoms with Crippen LogP contribution in [0.1, 0.15) is 18.5 Å². The number of halogens is 3. The van der Waals surface area contributed by atoms with Crippen molar-refractivity contribution in [3.8, 4) is 0 Å². The van der Waals surface area contributed by atoms with Crippen molar-refractivity contribution in [2.75, 3.05) is 11.9 Å². The molecule has 2 aromatic carbocycles. The third-order valence-electron chi connectivity index (χ3n) is 3.12. The maximum absolute atomic E-state index is 13.6. The Morgan fingerprint density at radius 2 is 1.91 bits per heavy atom. The van der Waals surface area contributed by atoms with Gasteiger partial charge in [0.25, 0.3) is 0 Å². The number of benzene rings is 2. The summed E-state index contributed by atoms with van der Waals surface area (Å²) in [6.45, 7) is 1.97. The van der Waals surface area contributed by atoms with Crippen LogP contribution in [0.5, 0.6) is 0 Å². The highest BCUT2D eigenvalue weighted by Gasteiger charge is 2.10. The monoisotopic (exact) mass is 340 g/mol. The number of nitrogens with one attached hydrogen (secondary N) is 2. The molecular weight excluding hydrogens is 326 g/mol. The van der Waals surface area contributed by atoms with E-state index in [2.05, 4.69) is 10.6 Å². The Morgan fingerprint density at radius 3 is 2.59 bits per heavy atom. The number of carbonyl (C=O) groups excluding carboxylic acids is 1. The number of carbonyl (C=O) groups is 1. The summed E-state index contributed by atoms with van der Waals surface area (Å²) in [5, 5.41) is 6.47. The Bertz CT molecular complexity index is 679. The molecule has 0 spiro atoms. The van der Waals surface area contributed by atoms with Gasteiger partial charge in [0.15, 0.2) is 0 Å². The van der Waals surface area contributed by atoms with E-state index in [0.717, 1.165) is 11.6 Å². The van der Waals surface area contributed by atoms with E-state index in [0.29, 0.717) is 5.02 Å². The lowest BCUT2D eigenvalue weighted by molar-refractivity contribution is -0.115. The number of hydrogen-bond donors (Lipinski definition) is 2. The van der Waals surface area contributed by atoms with Crippen LogP contribution in [0.2, 0.25) is 10.0 Å². The Kier molecular flexibility index (Phi) is 5.77. The number of amides is 1.